The van der Waals surface area contributed by atoms with E-state index in [4.69, 9.17) is 0 Å². The number of aliphatic hydroxyl groups excluding tert-OH is 1. The van der Waals surface area contributed by atoms with Crippen molar-refractivity contribution in [2.75, 3.05) is 25.5 Å². The molecule has 0 spiro atoms. The van der Waals surface area contributed by atoms with Crippen LogP contribution < -0.4 is 5.32 Å². The van der Waals surface area contributed by atoms with Crippen LogP contribution in [-0.2, 0) is 6.42 Å². The predicted molar refractivity (Wildman–Crippen MR) is 79.6 cm³/mol. The number of likely N-dealkylation sites (N-methyl/N-ethyl adjacent to an activating group) is 1. The van der Waals surface area contributed by atoms with Gasteiger partial charge < -0.3 is 10.4 Å². The van der Waals surface area contributed by atoms with Gasteiger partial charge in [0.1, 0.15) is 12.0 Å². The Morgan fingerprint density at radius 2 is 2.05 bits per heavy atom. The standard InChI is InChI=1S/C16H19N3O/c1-19(9-10-20)16-14-7-3-2-5-12(14)11-13-6-4-8-17-15(13)18-16/h2-8,16,20H,9-11H2,1H3,(H,17,18)/t16-/m1/s1. The summed E-state index contributed by atoms with van der Waals surface area (Å²) in [4.78, 5) is 6.57. The van der Waals surface area contributed by atoms with Crippen molar-refractivity contribution >= 4 is 5.82 Å². The zero-order chi connectivity index (χ0) is 13.9. The highest BCUT2D eigenvalue weighted by Crippen LogP contribution is 2.31. The Bertz CT molecular complexity index is 600. The number of rotatable bonds is 3. The average molecular weight is 269 g/mol. The molecule has 0 bridgehead atoms. The summed E-state index contributed by atoms with van der Waals surface area (Å²) >= 11 is 0. The Morgan fingerprint density at radius 3 is 2.90 bits per heavy atom. The molecule has 2 N–H and O–H groups in total. The maximum Gasteiger partial charge on any atom is 0.130 e. The fraction of sp³-hybridized carbons (Fsp3) is 0.312. The van der Waals surface area contributed by atoms with Gasteiger partial charge in [-0.05, 0) is 29.8 Å². The second-order valence-electron chi connectivity index (χ2n) is 5.14. The third kappa shape index (κ3) is 2.40. The van der Waals surface area contributed by atoms with Gasteiger partial charge in [-0.25, -0.2) is 4.98 Å². The van der Waals surface area contributed by atoms with Gasteiger partial charge in [0.05, 0.1) is 6.61 Å². The highest BCUT2D eigenvalue weighted by atomic mass is 16.3. The minimum Gasteiger partial charge on any atom is -0.395 e. The van der Waals surface area contributed by atoms with Gasteiger partial charge in [0, 0.05) is 19.2 Å². The lowest BCUT2D eigenvalue weighted by atomic mass is 10.00. The lowest BCUT2D eigenvalue weighted by Crippen LogP contribution is -2.33. The number of hydrogen-bond acceptors (Lipinski definition) is 4. The zero-order valence-electron chi connectivity index (χ0n) is 11.6. The molecule has 4 nitrogen and oxygen atoms in total. The summed E-state index contributed by atoms with van der Waals surface area (Å²) < 4.78 is 0. The van der Waals surface area contributed by atoms with Gasteiger partial charge in [0.15, 0.2) is 0 Å². The molecule has 1 atom stereocenters. The first-order chi connectivity index (χ1) is 9.79. The first-order valence-electron chi connectivity index (χ1n) is 6.89. The fourth-order valence-electron chi connectivity index (χ4n) is 2.72. The van der Waals surface area contributed by atoms with Gasteiger partial charge in [-0.2, -0.15) is 0 Å². The smallest absolute Gasteiger partial charge is 0.130 e. The molecule has 1 aromatic carbocycles. The molecule has 3 rings (SSSR count). The number of pyridine rings is 1. The third-order valence-corrected chi connectivity index (χ3v) is 3.79. The Balaban J connectivity index is 2.05. The van der Waals surface area contributed by atoms with Gasteiger partial charge in [-0.3, -0.25) is 4.90 Å². The van der Waals surface area contributed by atoms with Crippen LogP contribution >= 0.6 is 0 Å². The fourth-order valence-corrected chi connectivity index (χ4v) is 2.72. The summed E-state index contributed by atoms with van der Waals surface area (Å²) in [6.45, 7) is 0.764. The molecule has 0 aliphatic carbocycles. The summed E-state index contributed by atoms with van der Waals surface area (Å²) in [6, 6.07) is 12.5. The third-order valence-electron chi connectivity index (χ3n) is 3.79. The first-order valence-corrected chi connectivity index (χ1v) is 6.89. The van der Waals surface area contributed by atoms with E-state index in [1.54, 1.807) is 0 Å². The molecule has 1 aliphatic heterocycles. The molecule has 1 aliphatic rings. The lowest BCUT2D eigenvalue weighted by molar-refractivity contribution is 0.192. The molecule has 0 amide bonds. The van der Waals surface area contributed by atoms with E-state index in [-0.39, 0.29) is 12.8 Å². The number of nitrogens with zero attached hydrogens (tertiary/aromatic N) is 2. The highest BCUT2D eigenvalue weighted by molar-refractivity contribution is 5.52. The van der Waals surface area contributed by atoms with Crippen LogP contribution in [0, 0.1) is 0 Å². The quantitative estimate of drug-likeness (QED) is 0.895. The van der Waals surface area contributed by atoms with Crippen LogP contribution in [-0.4, -0.2) is 35.2 Å². The summed E-state index contributed by atoms with van der Waals surface area (Å²) in [6.07, 6.45) is 2.73. The number of anilines is 1. The van der Waals surface area contributed by atoms with Crippen LogP contribution in [0.5, 0.6) is 0 Å². The van der Waals surface area contributed by atoms with Crippen molar-refractivity contribution in [1.29, 1.82) is 0 Å². The van der Waals surface area contributed by atoms with Crippen LogP contribution in [0.25, 0.3) is 0 Å². The molecule has 2 heterocycles. The van der Waals surface area contributed by atoms with Crippen molar-refractivity contribution in [2.45, 2.75) is 12.6 Å². The minimum absolute atomic E-state index is 0.0366. The molecule has 4 heteroatoms. The summed E-state index contributed by atoms with van der Waals surface area (Å²) in [7, 11) is 2.01. The Hall–Kier alpha value is -1.91. The molecule has 0 radical (unpaired) electrons. The normalized spacial score (nSPS) is 17.1. The predicted octanol–water partition coefficient (Wildman–Crippen LogP) is 2.02. The zero-order valence-corrected chi connectivity index (χ0v) is 11.6. The molecule has 104 valence electrons. The van der Waals surface area contributed by atoms with E-state index in [0.29, 0.717) is 6.54 Å². The van der Waals surface area contributed by atoms with E-state index >= 15 is 0 Å². The van der Waals surface area contributed by atoms with Crippen LogP contribution in [0.1, 0.15) is 22.9 Å². The van der Waals surface area contributed by atoms with Gasteiger partial charge in [0.2, 0.25) is 0 Å². The first kappa shape index (κ1) is 13.1. The molecule has 1 aromatic heterocycles. The van der Waals surface area contributed by atoms with Crippen molar-refractivity contribution in [3.8, 4) is 0 Å². The maximum absolute atomic E-state index is 9.20. The van der Waals surface area contributed by atoms with Gasteiger partial charge in [0.25, 0.3) is 0 Å². The maximum atomic E-state index is 9.20. The molecule has 0 fully saturated rings. The van der Waals surface area contributed by atoms with Crippen molar-refractivity contribution in [3.05, 3.63) is 59.3 Å². The molecule has 0 unspecified atom stereocenters. The van der Waals surface area contributed by atoms with Gasteiger partial charge in [-0.1, -0.05) is 30.3 Å². The molecular weight excluding hydrogens is 250 g/mol. The monoisotopic (exact) mass is 269 g/mol. The van der Waals surface area contributed by atoms with E-state index in [9.17, 15) is 5.11 Å². The molecule has 0 saturated carbocycles. The van der Waals surface area contributed by atoms with E-state index < -0.39 is 0 Å². The minimum atomic E-state index is 0.0366. The van der Waals surface area contributed by atoms with Crippen LogP contribution in [0.15, 0.2) is 42.6 Å². The lowest BCUT2D eigenvalue weighted by Gasteiger charge is -2.29. The second kappa shape index (κ2) is 5.61. The molecule has 20 heavy (non-hydrogen) atoms. The van der Waals surface area contributed by atoms with E-state index in [1.807, 2.05) is 19.3 Å². The number of hydrogen-bond donors (Lipinski definition) is 2. The van der Waals surface area contributed by atoms with E-state index in [2.05, 4.69) is 45.5 Å². The summed E-state index contributed by atoms with van der Waals surface area (Å²) in [5.74, 6) is 0.929. The summed E-state index contributed by atoms with van der Waals surface area (Å²) in [5.41, 5.74) is 3.77. The molecule has 2 aromatic rings. The Labute approximate surface area is 119 Å². The van der Waals surface area contributed by atoms with Crippen molar-refractivity contribution in [3.63, 3.8) is 0 Å². The SMILES string of the molecule is CN(CCO)[C@H]1Nc2ncccc2Cc2ccccc21. The second-order valence-corrected chi connectivity index (χ2v) is 5.14. The molecular formula is C16H19N3O. The number of fused-ring (bicyclic) bond motifs is 2. The highest BCUT2D eigenvalue weighted by Gasteiger charge is 2.24. The number of nitrogens with one attached hydrogen (secondary N) is 1. The van der Waals surface area contributed by atoms with E-state index in [1.165, 1.54) is 16.7 Å². The van der Waals surface area contributed by atoms with Crippen LogP contribution in [0.4, 0.5) is 5.82 Å². The summed E-state index contributed by atoms with van der Waals surface area (Å²) in [5, 5.41) is 12.7. The van der Waals surface area contributed by atoms with E-state index in [0.717, 1.165) is 12.2 Å². The Morgan fingerprint density at radius 1 is 1.25 bits per heavy atom. The van der Waals surface area contributed by atoms with Crippen LogP contribution in [0.2, 0.25) is 0 Å². The number of aliphatic hydroxyl groups is 1. The number of aromatic nitrogens is 1. The topological polar surface area (TPSA) is 48.4 Å². The number of benzene rings is 1. The van der Waals surface area contributed by atoms with Crippen molar-refractivity contribution in [1.82, 2.24) is 9.88 Å². The van der Waals surface area contributed by atoms with Crippen molar-refractivity contribution < 1.29 is 5.11 Å². The van der Waals surface area contributed by atoms with Crippen molar-refractivity contribution in [2.24, 2.45) is 0 Å². The van der Waals surface area contributed by atoms with Crippen LogP contribution in [0.3, 0.4) is 0 Å². The van der Waals surface area contributed by atoms with Gasteiger partial charge >= 0.3 is 0 Å². The molecule has 0 saturated heterocycles. The Kier molecular flexibility index (Phi) is 3.67. The largest absolute Gasteiger partial charge is 0.395 e. The average Bonchev–Trinajstić information content (AvgIpc) is 2.64. The van der Waals surface area contributed by atoms with Gasteiger partial charge in [-0.15, -0.1) is 0 Å².